The van der Waals surface area contributed by atoms with Crippen molar-refractivity contribution in [2.75, 3.05) is 18.6 Å². The molecule has 2 fully saturated rings. The van der Waals surface area contributed by atoms with Crippen LogP contribution in [0.2, 0.25) is 5.02 Å². The van der Waals surface area contributed by atoms with Gasteiger partial charge >= 0.3 is 0 Å². The lowest BCUT2D eigenvalue weighted by atomic mass is 9.91. The first kappa shape index (κ1) is 29.6. The fourth-order valence-corrected chi connectivity index (χ4v) is 6.15. The van der Waals surface area contributed by atoms with Crippen molar-refractivity contribution in [1.29, 1.82) is 5.26 Å². The van der Waals surface area contributed by atoms with Crippen LogP contribution in [0.3, 0.4) is 0 Å². The average molecular weight is 647 g/mol. The van der Waals surface area contributed by atoms with Crippen LogP contribution in [0, 0.1) is 11.3 Å². The second kappa shape index (κ2) is 12.5. The smallest absolute Gasteiger partial charge is 0.259 e. The number of rotatable bonds is 7. The van der Waals surface area contributed by atoms with Crippen molar-refractivity contribution in [3.8, 4) is 17.3 Å². The molecule has 1 saturated carbocycles. The Balaban J connectivity index is 1.54. The standard InChI is InChI=1S/C28H29BrClN5O6/c1-40-26-24(34-13-20(32-33-34)16-5-7-17(29)8-6-16)25(38)23(14-36)41-27(26)28(39)35(21-3-2-4-22(21)37)19-10-15(12-31)9-18(30)11-19/h5-11,13,21-27,36-38H,2-4,14H2,1H3/t21-,22-,23?,24?,25?,26?,27?/m0/s1. The molecule has 7 atom stereocenters. The molecule has 0 bridgehead atoms. The fraction of sp³-hybridized carbons (Fsp3) is 0.429. The van der Waals surface area contributed by atoms with Crippen LogP contribution in [0.5, 0.6) is 0 Å². The van der Waals surface area contributed by atoms with Crippen molar-refractivity contribution in [2.24, 2.45) is 0 Å². The molecule has 11 nitrogen and oxygen atoms in total. The molecule has 2 aromatic carbocycles. The summed E-state index contributed by atoms with van der Waals surface area (Å²) in [5, 5.41) is 50.4. The number of carbonyl (C=O) groups is 1. The van der Waals surface area contributed by atoms with Gasteiger partial charge in [-0.1, -0.05) is 44.9 Å². The van der Waals surface area contributed by atoms with Crippen LogP contribution in [0.4, 0.5) is 5.69 Å². The van der Waals surface area contributed by atoms with Gasteiger partial charge in [0.1, 0.15) is 30.0 Å². The van der Waals surface area contributed by atoms with Gasteiger partial charge < -0.3 is 29.7 Å². The fourth-order valence-electron chi connectivity index (χ4n) is 5.65. The molecule has 216 valence electrons. The molecule has 1 aromatic heterocycles. The number of benzene rings is 2. The third kappa shape index (κ3) is 5.89. The van der Waals surface area contributed by atoms with E-state index >= 15 is 0 Å². The molecular formula is C28H29BrClN5O6. The zero-order valence-corrected chi connectivity index (χ0v) is 24.4. The number of hydrogen-bond donors (Lipinski definition) is 3. The Morgan fingerprint density at radius 1 is 1.27 bits per heavy atom. The highest BCUT2D eigenvalue weighted by Crippen LogP contribution is 2.37. The monoisotopic (exact) mass is 645 g/mol. The Morgan fingerprint density at radius 3 is 2.66 bits per heavy atom. The molecule has 0 spiro atoms. The molecule has 1 amide bonds. The minimum absolute atomic E-state index is 0.246. The maximum atomic E-state index is 14.4. The number of ether oxygens (including phenoxy) is 2. The van der Waals surface area contributed by atoms with Crippen LogP contribution in [-0.2, 0) is 14.3 Å². The van der Waals surface area contributed by atoms with Crippen molar-refractivity contribution in [2.45, 2.75) is 61.9 Å². The Hall–Kier alpha value is -2.89. The van der Waals surface area contributed by atoms with Crippen LogP contribution >= 0.6 is 27.5 Å². The van der Waals surface area contributed by atoms with E-state index in [-0.39, 0.29) is 10.6 Å². The summed E-state index contributed by atoms with van der Waals surface area (Å²) in [6.07, 6.45) is -2.29. The molecule has 41 heavy (non-hydrogen) atoms. The van der Waals surface area contributed by atoms with Crippen molar-refractivity contribution in [3.05, 3.63) is 63.7 Å². The summed E-state index contributed by atoms with van der Waals surface area (Å²) < 4.78 is 14.1. The van der Waals surface area contributed by atoms with E-state index in [0.29, 0.717) is 30.6 Å². The van der Waals surface area contributed by atoms with Crippen LogP contribution in [-0.4, -0.2) is 86.5 Å². The van der Waals surface area contributed by atoms with E-state index in [0.717, 1.165) is 10.0 Å². The van der Waals surface area contributed by atoms with E-state index in [1.807, 2.05) is 30.3 Å². The molecule has 5 rings (SSSR count). The maximum Gasteiger partial charge on any atom is 0.259 e. The zero-order chi connectivity index (χ0) is 29.3. The van der Waals surface area contributed by atoms with Gasteiger partial charge in [-0.25, -0.2) is 4.68 Å². The number of amides is 1. The molecular weight excluding hydrogens is 618 g/mol. The van der Waals surface area contributed by atoms with Crippen LogP contribution in [0.15, 0.2) is 53.1 Å². The summed E-state index contributed by atoms with van der Waals surface area (Å²) in [7, 11) is 1.39. The van der Waals surface area contributed by atoms with Crippen molar-refractivity contribution < 1.29 is 29.6 Å². The number of carbonyl (C=O) groups excluding carboxylic acids is 1. The number of aliphatic hydroxyl groups is 3. The third-order valence-electron chi connectivity index (χ3n) is 7.64. The summed E-state index contributed by atoms with van der Waals surface area (Å²) in [5.41, 5.74) is 1.89. The van der Waals surface area contributed by atoms with Crippen molar-refractivity contribution in [3.63, 3.8) is 0 Å². The topological polar surface area (TPSA) is 154 Å². The lowest BCUT2D eigenvalue weighted by Gasteiger charge is -2.45. The molecule has 2 aliphatic rings. The highest BCUT2D eigenvalue weighted by molar-refractivity contribution is 9.10. The Kier molecular flexibility index (Phi) is 9.06. The lowest BCUT2D eigenvalue weighted by Crippen LogP contribution is -2.62. The van der Waals surface area contributed by atoms with Crippen LogP contribution < -0.4 is 4.90 Å². The number of anilines is 1. The summed E-state index contributed by atoms with van der Waals surface area (Å²) >= 11 is 9.71. The number of methoxy groups -OCH3 is 1. The number of nitrogens with zero attached hydrogens (tertiary/aromatic N) is 5. The van der Waals surface area contributed by atoms with Gasteiger partial charge in [-0.05, 0) is 49.6 Å². The molecule has 13 heteroatoms. The number of aliphatic hydroxyl groups excluding tert-OH is 3. The molecule has 1 saturated heterocycles. The van der Waals surface area contributed by atoms with E-state index in [4.69, 9.17) is 21.1 Å². The second-order valence-electron chi connectivity index (χ2n) is 10.1. The first-order valence-electron chi connectivity index (χ1n) is 13.1. The van der Waals surface area contributed by atoms with Gasteiger partial charge in [0.15, 0.2) is 6.10 Å². The number of nitriles is 1. The van der Waals surface area contributed by atoms with Crippen molar-refractivity contribution >= 4 is 39.1 Å². The van der Waals surface area contributed by atoms with Crippen LogP contribution in [0.1, 0.15) is 30.9 Å². The molecule has 1 aliphatic carbocycles. The summed E-state index contributed by atoms with van der Waals surface area (Å²) in [4.78, 5) is 15.8. The van der Waals surface area contributed by atoms with E-state index < -0.39 is 55.1 Å². The number of halogens is 2. The number of hydrogen-bond acceptors (Lipinski definition) is 9. The summed E-state index contributed by atoms with van der Waals surface area (Å²) in [6, 6.07) is 12.5. The molecule has 0 radical (unpaired) electrons. The second-order valence-corrected chi connectivity index (χ2v) is 11.5. The first-order valence-corrected chi connectivity index (χ1v) is 14.3. The summed E-state index contributed by atoms with van der Waals surface area (Å²) in [6.45, 7) is -0.575. The van der Waals surface area contributed by atoms with Gasteiger partial charge in [-0.2, -0.15) is 5.26 Å². The van der Waals surface area contributed by atoms with E-state index in [2.05, 4.69) is 26.2 Å². The molecule has 2 heterocycles. The van der Waals surface area contributed by atoms with E-state index in [1.54, 1.807) is 12.3 Å². The van der Waals surface area contributed by atoms with Gasteiger partial charge in [0.05, 0.1) is 36.6 Å². The van der Waals surface area contributed by atoms with Gasteiger partial charge in [-0.15, -0.1) is 5.10 Å². The quantitative estimate of drug-likeness (QED) is 0.352. The first-order chi connectivity index (χ1) is 19.7. The predicted molar refractivity (Wildman–Crippen MR) is 152 cm³/mol. The summed E-state index contributed by atoms with van der Waals surface area (Å²) in [5.74, 6) is -0.572. The molecule has 3 aromatic rings. The normalized spacial score (nSPS) is 27.9. The van der Waals surface area contributed by atoms with E-state index in [1.165, 1.54) is 28.8 Å². The van der Waals surface area contributed by atoms with Gasteiger partial charge in [0.25, 0.3) is 5.91 Å². The Bertz CT molecular complexity index is 1430. The highest BCUT2D eigenvalue weighted by atomic mass is 79.9. The Morgan fingerprint density at radius 2 is 2.02 bits per heavy atom. The lowest BCUT2D eigenvalue weighted by molar-refractivity contribution is -0.211. The third-order valence-corrected chi connectivity index (χ3v) is 8.39. The average Bonchev–Trinajstić information content (AvgIpc) is 3.62. The molecule has 3 N–H and O–H groups in total. The Labute approximate surface area is 250 Å². The van der Waals surface area contributed by atoms with Crippen LogP contribution in [0.25, 0.3) is 11.3 Å². The van der Waals surface area contributed by atoms with Crippen molar-refractivity contribution in [1.82, 2.24) is 15.0 Å². The van der Waals surface area contributed by atoms with Gasteiger partial charge in [0.2, 0.25) is 0 Å². The SMILES string of the molecule is COC1C(C(=O)N(c2cc(Cl)cc(C#N)c2)[C@H]2CCC[C@@H]2O)OC(CO)C(O)C1n1cc(-c2ccc(Br)cc2)nn1. The minimum atomic E-state index is -1.32. The van der Waals surface area contributed by atoms with Gasteiger partial charge in [-0.3, -0.25) is 4.79 Å². The molecule has 5 unspecified atom stereocenters. The predicted octanol–water partition coefficient (Wildman–Crippen LogP) is 2.86. The van der Waals surface area contributed by atoms with E-state index in [9.17, 15) is 25.4 Å². The molecule has 1 aliphatic heterocycles. The highest BCUT2D eigenvalue weighted by Gasteiger charge is 2.52. The number of aromatic nitrogens is 3. The minimum Gasteiger partial charge on any atom is -0.394 e. The zero-order valence-electron chi connectivity index (χ0n) is 22.0. The largest absolute Gasteiger partial charge is 0.394 e. The van der Waals surface area contributed by atoms with Gasteiger partial charge in [0, 0.05) is 27.9 Å². The maximum absolute atomic E-state index is 14.4.